The van der Waals surface area contributed by atoms with Crippen LogP contribution in [-0.2, 0) is 19.1 Å². The van der Waals surface area contributed by atoms with Crippen LogP contribution in [0.3, 0.4) is 0 Å². The SMILES string of the molecule is O=C(NCCc1ccncc1)c1cccc(Cn2cnc3cc(-c4cn[nH]c4C(F)(F)F)ccc3c2=O)c1. The Bertz CT molecular complexity index is 1660. The number of carbonyl (C=O) groups is 1. The second-order valence-electron chi connectivity index (χ2n) is 8.63. The first-order chi connectivity index (χ1) is 18.3. The summed E-state index contributed by atoms with van der Waals surface area (Å²) in [5.41, 5.74) is 1.31. The average Bonchev–Trinajstić information content (AvgIpc) is 3.42. The number of rotatable bonds is 7. The monoisotopic (exact) mass is 518 g/mol. The molecule has 0 aliphatic carbocycles. The number of amides is 1. The van der Waals surface area contributed by atoms with E-state index in [0.717, 1.165) is 17.3 Å². The van der Waals surface area contributed by atoms with Crippen molar-refractivity contribution in [1.29, 1.82) is 0 Å². The van der Waals surface area contributed by atoms with E-state index >= 15 is 0 Å². The Morgan fingerprint density at radius 3 is 2.63 bits per heavy atom. The highest BCUT2D eigenvalue weighted by Crippen LogP contribution is 2.35. The lowest BCUT2D eigenvalue weighted by atomic mass is 10.0. The predicted molar refractivity (Wildman–Crippen MR) is 134 cm³/mol. The number of pyridine rings is 1. The van der Waals surface area contributed by atoms with Gasteiger partial charge in [0.25, 0.3) is 11.5 Å². The first-order valence-corrected chi connectivity index (χ1v) is 11.7. The molecule has 0 atom stereocenters. The fourth-order valence-electron chi connectivity index (χ4n) is 4.14. The van der Waals surface area contributed by atoms with E-state index in [0.29, 0.717) is 18.5 Å². The topological polar surface area (TPSA) is 106 Å². The Balaban J connectivity index is 1.32. The smallest absolute Gasteiger partial charge is 0.352 e. The van der Waals surface area contributed by atoms with E-state index in [1.807, 2.05) is 17.2 Å². The van der Waals surface area contributed by atoms with E-state index in [-0.39, 0.29) is 40.0 Å². The van der Waals surface area contributed by atoms with Crippen LogP contribution in [0.25, 0.3) is 22.0 Å². The van der Waals surface area contributed by atoms with E-state index in [1.54, 1.807) is 36.7 Å². The summed E-state index contributed by atoms with van der Waals surface area (Å²) in [6, 6.07) is 15.0. The largest absolute Gasteiger partial charge is 0.433 e. The molecular weight excluding hydrogens is 497 g/mol. The van der Waals surface area contributed by atoms with Crippen molar-refractivity contribution in [2.75, 3.05) is 6.54 Å². The number of alkyl halides is 3. The Hall–Kier alpha value is -4.80. The molecule has 2 aromatic carbocycles. The molecule has 8 nitrogen and oxygen atoms in total. The summed E-state index contributed by atoms with van der Waals surface area (Å²) in [6.07, 6.45) is 1.91. The lowest BCUT2D eigenvalue weighted by molar-refractivity contribution is -0.140. The number of benzene rings is 2. The first kappa shape index (κ1) is 24.9. The maximum Gasteiger partial charge on any atom is 0.433 e. The minimum Gasteiger partial charge on any atom is -0.352 e. The molecule has 192 valence electrons. The highest BCUT2D eigenvalue weighted by atomic mass is 19.4. The van der Waals surface area contributed by atoms with Gasteiger partial charge in [0.15, 0.2) is 0 Å². The van der Waals surface area contributed by atoms with Gasteiger partial charge in [0.2, 0.25) is 0 Å². The van der Waals surface area contributed by atoms with Gasteiger partial charge in [0, 0.05) is 30.1 Å². The average molecular weight is 518 g/mol. The minimum atomic E-state index is -4.59. The van der Waals surface area contributed by atoms with Crippen molar-refractivity contribution >= 4 is 16.8 Å². The normalized spacial score (nSPS) is 11.6. The molecule has 5 rings (SSSR count). The summed E-state index contributed by atoms with van der Waals surface area (Å²) in [5.74, 6) is -0.227. The third-order valence-corrected chi connectivity index (χ3v) is 6.05. The van der Waals surface area contributed by atoms with Gasteiger partial charge in [-0.3, -0.25) is 24.2 Å². The predicted octanol–water partition coefficient (Wildman–Crippen LogP) is 4.22. The summed E-state index contributed by atoms with van der Waals surface area (Å²) in [4.78, 5) is 34.0. The minimum absolute atomic E-state index is 0.124. The zero-order chi connectivity index (χ0) is 26.7. The number of nitrogens with zero attached hydrogens (tertiary/aromatic N) is 4. The molecule has 3 aromatic heterocycles. The summed E-state index contributed by atoms with van der Waals surface area (Å²) in [6.45, 7) is 0.633. The summed E-state index contributed by atoms with van der Waals surface area (Å²) in [5, 5.41) is 8.64. The quantitative estimate of drug-likeness (QED) is 0.336. The van der Waals surface area contributed by atoms with Gasteiger partial charge in [-0.15, -0.1) is 0 Å². The second-order valence-corrected chi connectivity index (χ2v) is 8.63. The molecule has 0 fully saturated rings. The van der Waals surface area contributed by atoms with Gasteiger partial charge in [0.1, 0.15) is 5.69 Å². The fraction of sp³-hybridized carbons (Fsp3) is 0.148. The number of aromatic nitrogens is 5. The zero-order valence-corrected chi connectivity index (χ0v) is 19.9. The van der Waals surface area contributed by atoms with Crippen LogP contribution in [0.1, 0.15) is 27.2 Å². The van der Waals surface area contributed by atoms with Crippen LogP contribution in [-0.4, -0.2) is 37.2 Å². The molecule has 2 N–H and O–H groups in total. The van der Waals surface area contributed by atoms with E-state index in [1.165, 1.54) is 29.1 Å². The van der Waals surface area contributed by atoms with Gasteiger partial charge in [-0.1, -0.05) is 18.2 Å². The van der Waals surface area contributed by atoms with Crippen LogP contribution in [0.15, 0.2) is 84.3 Å². The van der Waals surface area contributed by atoms with Gasteiger partial charge in [0.05, 0.1) is 30.0 Å². The molecule has 0 aliphatic heterocycles. The molecule has 0 radical (unpaired) electrons. The van der Waals surface area contributed by atoms with Gasteiger partial charge in [-0.05, 0) is 59.5 Å². The highest BCUT2D eigenvalue weighted by Gasteiger charge is 2.36. The number of fused-ring (bicyclic) bond motifs is 1. The molecule has 0 saturated heterocycles. The van der Waals surface area contributed by atoms with Crippen LogP contribution in [0.5, 0.6) is 0 Å². The summed E-state index contributed by atoms with van der Waals surface area (Å²) in [7, 11) is 0. The molecule has 11 heteroatoms. The van der Waals surface area contributed by atoms with Crippen molar-refractivity contribution in [3.63, 3.8) is 0 Å². The third-order valence-electron chi connectivity index (χ3n) is 6.05. The van der Waals surface area contributed by atoms with Crippen molar-refractivity contribution in [2.45, 2.75) is 19.1 Å². The van der Waals surface area contributed by atoms with Crippen molar-refractivity contribution in [1.82, 2.24) is 30.0 Å². The van der Waals surface area contributed by atoms with Crippen LogP contribution in [0, 0.1) is 0 Å². The van der Waals surface area contributed by atoms with Gasteiger partial charge in [-0.2, -0.15) is 18.3 Å². The molecule has 5 aromatic rings. The number of H-pyrrole nitrogens is 1. The van der Waals surface area contributed by atoms with Crippen molar-refractivity contribution in [2.24, 2.45) is 0 Å². The van der Waals surface area contributed by atoms with Crippen molar-refractivity contribution in [3.8, 4) is 11.1 Å². The molecule has 1 amide bonds. The second kappa shape index (κ2) is 10.3. The molecule has 38 heavy (non-hydrogen) atoms. The van der Waals surface area contributed by atoms with Gasteiger partial charge >= 0.3 is 6.18 Å². The Morgan fingerprint density at radius 1 is 1.03 bits per heavy atom. The van der Waals surface area contributed by atoms with Crippen LogP contribution < -0.4 is 10.9 Å². The summed E-state index contributed by atoms with van der Waals surface area (Å²) < 4.78 is 41.1. The molecule has 3 heterocycles. The van der Waals surface area contributed by atoms with E-state index in [2.05, 4.69) is 20.4 Å². The number of carbonyl (C=O) groups excluding carboxylic acids is 1. The van der Waals surface area contributed by atoms with Crippen LogP contribution in [0.4, 0.5) is 13.2 Å². The van der Waals surface area contributed by atoms with E-state index < -0.39 is 11.9 Å². The number of halogens is 3. The van der Waals surface area contributed by atoms with Crippen LogP contribution >= 0.6 is 0 Å². The molecule has 0 unspecified atom stereocenters. The molecular formula is C27H21F3N6O2. The Morgan fingerprint density at radius 2 is 1.84 bits per heavy atom. The standard InChI is InChI=1S/C27H21F3N6O2/c28-27(29,30)24-22(14-34-35-24)19-4-5-21-23(13-19)33-16-36(26(21)38)15-18-2-1-3-20(12-18)25(37)32-11-8-17-6-9-31-10-7-17/h1-7,9-10,12-14,16H,8,11,15H2,(H,32,37)(H,34,35). The number of hydrogen-bond acceptors (Lipinski definition) is 5. The molecule has 0 spiro atoms. The highest BCUT2D eigenvalue weighted by molar-refractivity contribution is 5.94. The maximum absolute atomic E-state index is 13.2. The number of aromatic amines is 1. The Labute approximate surface area is 214 Å². The van der Waals surface area contributed by atoms with Crippen LogP contribution in [0.2, 0.25) is 0 Å². The molecule has 0 aliphatic rings. The molecule has 0 saturated carbocycles. The molecule has 0 bridgehead atoms. The number of hydrogen-bond donors (Lipinski definition) is 2. The van der Waals surface area contributed by atoms with Crippen molar-refractivity contribution < 1.29 is 18.0 Å². The van der Waals surface area contributed by atoms with Crippen molar-refractivity contribution in [3.05, 3.63) is 112 Å². The fourth-order valence-corrected chi connectivity index (χ4v) is 4.14. The maximum atomic E-state index is 13.2. The first-order valence-electron chi connectivity index (χ1n) is 11.7. The third kappa shape index (κ3) is 5.31. The lowest BCUT2D eigenvalue weighted by Crippen LogP contribution is -2.26. The van der Waals surface area contributed by atoms with Gasteiger partial charge in [-0.25, -0.2) is 4.98 Å². The van der Waals surface area contributed by atoms with Gasteiger partial charge < -0.3 is 5.32 Å². The number of nitrogens with one attached hydrogen (secondary N) is 2. The van der Waals surface area contributed by atoms with E-state index in [9.17, 15) is 22.8 Å². The zero-order valence-electron chi connectivity index (χ0n) is 19.9. The lowest BCUT2D eigenvalue weighted by Gasteiger charge is -2.10. The van der Waals surface area contributed by atoms with E-state index in [4.69, 9.17) is 0 Å². The Kier molecular flexibility index (Phi) is 6.73. The summed E-state index contributed by atoms with van der Waals surface area (Å²) >= 11 is 0.